The molecule has 0 saturated heterocycles. The highest BCUT2D eigenvalue weighted by molar-refractivity contribution is 5.91. The van der Waals surface area contributed by atoms with Crippen molar-refractivity contribution in [2.45, 2.75) is 53.4 Å². The molecule has 1 aromatic carbocycles. The zero-order valence-corrected chi connectivity index (χ0v) is 12.0. The van der Waals surface area contributed by atoms with E-state index in [9.17, 15) is 4.79 Å². The van der Waals surface area contributed by atoms with Crippen LogP contribution in [0.3, 0.4) is 0 Å². The first kappa shape index (κ1) is 14.7. The molecule has 0 spiro atoms. The van der Waals surface area contributed by atoms with Gasteiger partial charge in [0.25, 0.3) is 0 Å². The van der Waals surface area contributed by atoms with Gasteiger partial charge in [0.2, 0.25) is 5.91 Å². The summed E-state index contributed by atoms with van der Waals surface area (Å²) in [6.45, 7) is 8.46. The van der Waals surface area contributed by atoms with Gasteiger partial charge >= 0.3 is 0 Å². The number of rotatable bonds is 6. The first-order chi connectivity index (χ1) is 8.58. The largest absolute Gasteiger partial charge is 0.326 e. The van der Waals surface area contributed by atoms with Crippen LogP contribution in [0.5, 0.6) is 0 Å². The molecule has 0 radical (unpaired) electrons. The van der Waals surface area contributed by atoms with Gasteiger partial charge in [-0.05, 0) is 36.0 Å². The van der Waals surface area contributed by atoms with Crippen LogP contribution in [0.25, 0.3) is 0 Å². The predicted octanol–water partition coefficient (Wildman–Crippen LogP) is 4.43. The van der Waals surface area contributed by atoms with Gasteiger partial charge < -0.3 is 5.32 Å². The summed E-state index contributed by atoms with van der Waals surface area (Å²) in [7, 11) is 0. The van der Waals surface area contributed by atoms with Gasteiger partial charge in [-0.25, -0.2) is 0 Å². The number of nitrogens with one attached hydrogen (secondary N) is 1. The molecule has 2 nitrogen and oxygen atoms in total. The highest BCUT2D eigenvalue weighted by Crippen LogP contribution is 2.22. The summed E-state index contributed by atoms with van der Waals surface area (Å²) in [5.74, 6) is 0.516. The van der Waals surface area contributed by atoms with E-state index in [4.69, 9.17) is 0 Å². The van der Waals surface area contributed by atoms with E-state index >= 15 is 0 Å². The van der Waals surface area contributed by atoms with Crippen LogP contribution in [0.4, 0.5) is 5.69 Å². The molecule has 0 fully saturated rings. The number of carbonyl (C=O) groups is 1. The Bertz CT molecular complexity index is 402. The molecule has 0 atom stereocenters. The third-order valence-electron chi connectivity index (χ3n) is 3.01. The van der Waals surface area contributed by atoms with Gasteiger partial charge in [0.15, 0.2) is 0 Å². The van der Waals surface area contributed by atoms with Crippen LogP contribution < -0.4 is 5.32 Å². The van der Waals surface area contributed by atoms with E-state index in [0.717, 1.165) is 24.9 Å². The Labute approximate surface area is 112 Å². The highest BCUT2D eigenvalue weighted by Gasteiger charge is 2.10. The summed E-state index contributed by atoms with van der Waals surface area (Å²) in [5, 5.41) is 3.05. The monoisotopic (exact) mass is 249 g/mol. The van der Waals surface area contributed by atoms with Crippen molar-refractivity contribution in [2.75, 3.05) is 5.32 Å². The van der Waals surface area contributed by atoms with E-state index in [1.165, 1.54) is 11.1 Å². The minimum atomic E-state index is 0. The third kappa shape index (κ3) is 4.17. The molecule has 0 aromatic heterocycles. The van der Waals surface area contributed by atoms with Gasteiger partial charge in [-0.2, -0.15) is 0 Å². The minimum Gasteiger partial charge on any atom is -0.326 e. The number of amides is 1. The lowest BCUT2D eigenvalue weighted by molar-refractivity contribution is -0.116. The molecule has 1 rings (SSSR count). The van der Waals surface area contributed by atoms with Gasteiger partial charge in [0.1, 0.15) is 0 Å². The van der Waals surface area contributed by atoms with E-state index in [-0.39, 0.29) is 7.33 Å². The Balaban J connectivity index is 0.00000324. The average Bonchev–Trinajstić information content (AvgIpc) is 2.28. The second-order valence-electron chi connectivity index (χ2n) is 5.19. The van der Waals surface area contributed by atoms with E-state index in [0.29, 0.717) is 12.3 Å². The first-order valence-corrected chi connectivity index (χ1v) is 6.99. The average molecular weight is 249 g/mol. The first-order valence-electron chi connectivity index (χ1n) is 6.99. The summed E-state index contributed by atoms with van der Waals surface area (Å²) in [6, 6.07) is 6.21. The van der Waals surface area contributed by atoms with Gasteiger partial charge in [0, 0.05) is 13.5 Å². The topological polar surface area (TPSA) is 29.1 Å². The maximum absolute atomic E-state index is 11.8. The molecule has 0 bridgehead atoms. The molecule has 18 heavy (non-hydrogen) atoms. The Morgan fingerprint density at radius 2 is 2.06 bits per heavy atom. The molecule has 0 heterocycles. The van der Waals surface area contributed by atoms with Crippen molar-refractivity contribution in [1.29, 1.82) is 0 Å². The molecule has 1 N–H and O–H groups in total. The quantitative estimate of drug-likeness (QED) is 0.793. The third-order valence-corrected chi connectivity index (χ3v) is 3.01. The van der Waals surface area contributed by atoms with Crippen molar-refractivity contribution < 1.29 is 6.22 Å². The number of anilines is 1. The minimum absolute atomic E-state index is 0. The van der Waals surface area contributed by atoms with Crippen LogP contribution in [0.2, 0.25) is 0 Å². The zero-order chi connectivity index (χ0) is 13.5. The molecule has 0 saturated carbocycles. The molecule has 0 aliphatic carbocycles. The normalized spacial score (nSPS) is 10.7. The number of hydrogen-bond acceptors (Lipinski definition) is 1. The summed E-state index contributed by atoms with van der Waals surface area (Å²) >= 11 is 0. The molecular weight excluding hydrogens is 222 g/mol. The molecule has 1 aromatic rings. The summed E-state index contributed by atoms with van der Waals surface area (Å²) in [6.07, 6.45) is 3.77. The molecular formula is C16H27NO. The maximum Gasteiger partial charge on any atom is 0.224 e. The van der Waals surface area contributed by atoms with Gasteiger partial charge in [-0.15, -0.1) is 0 Å². The zero-order valence-electron chi connectivity index (χ0n) is 12.0. The van der Waals surface area contributed by atoms with Crippen LogP contribution in [0.15, 0.2) is 18.2 Å². The summed E-state index contributed by atoms with van der Waals surface area (Å²) in [5.41, 5.74) is 3.65. The fourth-order valence-electron chi connectivity index (χ4n) is 2.24. The van der Waals surface area contributed by atoms with Crippen molar-refractivity contribution in [1.82, 2.24) is 0 Å². The SMILES string of the molecule is CCCc1cccc(NC(=O)CC(C)C)c1CC.[HH]. The Kier molecular flexibility index (Phi) is 5.90. The van der Waals surface area contributed by atoms with Gasteiger partial charge in [-0.3, -0.25) is 4.79 Å². The summed E-state index contributed by atoms with van der Waals surface area (Å²) in [4.78, 5) is 11.8. The van der Waals surface area contributed by atoms with E-state index in [1.807, 2.05) is 12.1 Å². The van der Waals surface area contributed by atoms with Crippen molar-refractivity contribution in [2.24, 2.45) is 5.92 Å². The van der Waals surface area contributed by atoms with Crippen LogP contribution >= 0.6 is 0 Å². The van der Waals surface area contributed by atoms with Crippen LogP contribution in [-0.2, 0) is 17.6 Å². The van der Waals surface area contributed by atoms with E-state index in [2.05, 4.69) is 39.1 Å². The fourth-order valence-corrected chi connectivity index (χ4v) is 2.24. The lowest BCUT2D eigenvalue weighted by Crippen LogP contribution is -2.15. The van der Waals surface area contributed by atoms with E-state index in [1.54, 1.807) is 0 Å². The van der Waals surface area contributed by atoms with E-state index < -0.39 is 0 Å². The van der Waals surface area contributed by atoms with Crippen molar-refractivity contribution in [3.63, 3.8) is 0 Å². The number of hydrogen-bond donors (Lipinski definition) is 1. The lowest BCUT2D eigenvalue weighted by atomic mass is 9.99. The molecule has 0 aliphatic rings. The second kappa shape index (κ2) is 7.20. The molecule has 0 unspecified atom stereocenters. The smallest absolute Gasteiger partial charge is 0.224 e. The number of aryl methyl sites for hydroxylation is 1. The fraction of sp³-hybridized carbons (Fsp3) is 0.562. The number of carbonyl (C=O) groups excluding carboxylic acids is 1. The van der Waals surface area contributed by atoms with Crippen LogP contribution in [0.1, 0.15) is 53.1 Å². The molecule has 102 valence electrons. The Morgan fingerprint density at radius 3 is 2.61 bits per heavy atom. The second-order valence-corrected chi connectivity index (χ2v) is 5.19. The maximum atomic E-state index is 11.8. The summed E-state index contributed by atoms with van der Waals surface area (Å²) < 4.78 is 0. The van der Waals surface area contributed by atoms with Crippen molar-refractivity contribution >= 4 is 11.6 Å². The molecule has 2 heteroatoms. The van der Waals surface area contributed by atoms with Gasteiger partial charge in [0.05, 0.1) is 0 Å². The lowest BCUT2D eigenvalue weighted by Gasteiger charge is -2.14. The van der Waals surface area contributed by atoms with Crippen molar-refractivity contribution in [3.8, 4) is 0 Å². The Hall–Kier alpha value is -1.31. The molecule has 1 amide bonds. The molecule has 0 aliphatic heterocycles. The van der Waals surface area contributed by atoms with Crippen LogP contribution in [-0.4, -0.2) is 5.91 Å². The number of benzene rings is 1. The van der Waals surface area contributed by atoms with Crippen molar-refractivity contribution in [3.05, 3.63) is 29.3 Å². The Morgan fingerprint density at radius 1 is 1.33 bits per heavy atom. The van der Waals surface area contributed by atoms with Crippen LogP contribution in [0, 0.1) is 5.92 Å². The predicted molar refractivity (Wildman–Crippen MR) is 80.0 cm³/mol. The standard InChI is InChI=1S/C16H25NO.H2/c1-5-8-13-9-7-10-15(14(13)6-2)17-16(18)11-12(3)4;/h7,9-10,12H,5-6,8,11H2,1-4H3,(H,17,18);1H. The van der Waals surface area contributed by atoms with Gasteiger partial charge in [-0.1, -0.05) is 46.2 Å². The highest BCUT2D eigenvalue weighted by atomic mass is 16.1.